The molecule has 1 N–H and O–H groups in total. The van der Waals surface area contributed by atoms with Crippen LogP contribution in [0.2, 0.25) is 0 Å². The van der Waals surface area contributed by atoms with Crippen LogP contribution >= 0.6 is 0 Å². The van der Waals surface area contributed by atoms with Crippen LogP contribution in [0.5, 0.6) is 0 Å². The maximum Gasteiger partial charge on any atom is 0.339 e. The molecule has 0 radical (unpaired) electrons. The fraction of sp³-hybridized carbons (Fsp3) is 0.444. The molecule has 12 heavy (non-hydrogen) atoms. The molecule has 0 aliphatic carbocycles. The number of hydrogen-bond acceptors (Lipinski definition) is 2. The normalized spacial score (nSPS) is 10.2. The van der Waals surface area contributed by atoms with Crippen LogP contribution in [-0.4, -0.2) is 11.1 Å². The Hall–Kier alpha value is -1.25. The van der Waals surface area contributed by atoms with Gasteiger partial charge in [0, 0.05) is 12.8 Å². The van der Waals surface area contributed by atoms with Crippen LogP contribution in [0.3, 0.4) is 0 Å². The molecule has 66 valence electrons. The molecule has 0 fully saturated rings. The first-order chi connectivity index (χ1) is 5.69. The highest BCUT2D eigenvalue weighted by Crippen LogP contribution is 2.16. The third kappa shape index (κ3) is 1.49. The van der Waals surface area contributed by atoms with E-state index in [4.69, 9.17) is 9.52 Å². The lowest BCUT2D eigenvalue weighted by Gasteiger charge is -1.91. The third-order valence-corrected chi connectivity index (χ3v) is 1.76. The maximum absolute atomic E-state index is 10.6. The molecule has 0 unspecified atom stereocenters. The first-order valence-electron chi connectivity index (χ1n) is 4.03. The van der Waals surface area contributed by atoms with Crippen LogP contribution < -0.4 is 0 Å². The summed E-state index contributed by atoms with van der Waals surface area (Å²) in [5, 5.41) is 8.75. The molecule has 0 aromatic carbocycles. The molecule has 1 rings (SSSR count). The highest BCUT2D eigenvalue weighted by atomic mass is 16.4. The van der Waals surface area contributed by atoms with Gasteiger partial charge in [-0.25, -0.2) is 4.79 Å². The van der Waals surface area contributed by atoms with Crippen molar-refractivity contribution in [2.45, 2.75) is 26.7 Å². The van der Waals surface area contributed by atoms with Crippen molar-refractivity contribution in [1.29, 1.82) is 0 Å². The molecule has 1 aromatic heterocycles. The van der Waals surface area contributed by atoms with Gasteiger partial charge in [-0.3, -0.25) is 0 Å². The molecular weight excluding hydrogens is 156 g/mol. The van der Waals surface area contributed by atoms with Gasteiger partial charge in [-0.05, 0) is 6.07 Å². The van der Waals surface area contributed by atoms with Gasteiger partial charge < -0.3 is 9.52 Å². The summed E-state index contributed by atoms with van der Waals surface area (Å²) in [6.45, 7) is 3.81. The molecule has 0 saturated carbocycles. The Morgan fingerprint density at radius 3 is 2.50 bits per heavy atom. The quantitative estimate of drug-likeness (QED) is 0.751. The van der Waals surface area contributed by atoms with E-state index in [9.17, 15) is 4.79 Å². The van der Waals surface area contributed by atoms with E-state index in [1.54, 1.807) is 6.07 Å². The largest absolute Gasteiger partial charge is 0.478 e. The van der Waals surface area contributed by atoms with Crippen LogP contribution in [0.25, 0.3) is 0 Å². The summed E-state index contributed by atoms with van der Waals surface area (Å²) in [5.74, 6) is 0.402. The highest BCUT2D eigenvalue weighted by molar-refractivity contribution is 5.88. The minimum absolute atomic E-state index is 0.300. The Balaban J connectivity index is 3.08. The van der Waals surface area contributed by atoms with E-state index in [1.165, 1.54) is 0 Å². The molecule has 0 saturated heterocycles. The number of carbonyl (C=O) groups is 1. The van der Waals surface area contributed by atoms with Crippen molar-refractivity contribution < 1.29 is 14.3 Å². The standard InChI is InChI=1S/C9H12O3/c1-3-6-5-7(9(10)11)8(4-2)12-6/h5H,3-4H2,1-2H3,(H,10,11). The average molecular weight is 168 g/mol. The van der Waals surface area contributed by atoms with E-state index in [-0.39, 0.29) is 0 Å². The van der Waals surface area contributed by atoms with Crippen molar-refractivity contribution in [2.24, 2.45) is 0 Å². The Labute approximate surface area is 71.0 Å². The lowest BCUT2D eigenvalue weighted by atomic mass is 10.2. The van der Waals surface area contributed by atoms with Crippen molar-refractivity contribution in [3.8, 4) is 0 Å². The summed E-state index contributed by atoms with van der Waals surface area (Å²) in [5.41, 5.74) is 0.300. The van der Waals surface area contributed by atoms with Gasteiger partial charge in [-0.15, -0.1) is 0 Å². The second-order valence-electron chi connectivity index (χ2n) is 2.56. The van der Waals surface area contributed by atoms with E-state index < -0.39 is 5.97 Å². The first-order valence-corrected chi connectivity index (χ1v) is 4.03. The first kappa shape index (κ1) is 8.84. The van der Waals surface area contributed by atoms with E-state index >= 15 is 0 Å². The molecule has 3 nitrogen and oxygen atoms in total. The molecule has 1 aromatic rings. The lowest BCUT2D eigenvalue weighted by Crippen LogP contribution is -1.97. The van der Waals surface area contributed by atoms with Crippen LogP contribution in [0, 0.1) is 0 Å². The SMILES string of the molecule is CCc1cc(C(=O)O)c(CC)o1. The highest BCUT2D eigenvalue weighted by Gasteiger charge is 2.14. The zero-order valence-corrected chi connectivity index (χ0v) is 7.26. The maximum atomic E-state index is 10.6. The molecule has 0 spiro atoms. The van der Waals surface area contributed by atoms with E-state index in [1.807, 2.05) is 13.8 Å². The predicted octanol–water partition coefficient (Wildman–Crippen LogP) is 2.10. The number of hydrogen-bond donors (Lipinski definition) is 1. The smallest absolute Gasteiger partial charge is 0.339 e. The van der Waals surface area contributed by atoms with Gasteiger partial charge in [-0.2, -0.15) is 0 Å². The van der Waals surface area contributed by atoms with E-state index in [0.717, 1.165) is 12.2 Å². The number of carboxylic acid groups (broad SMARTS) is 1. The Kier molecular flexibility index (Phi) is 2.53. The van der Waals surface area contributed by atoms with Crippen molar-refractivity contribution in [1.82, 2.24) is 0 Å². The summed E-state index contributed by atoms with van der Waals surface area (Å²) in [6.07, 6.45) is 1.36. The number of aromatic carboxylic acids is 1. The van der Waals surface area contributed by atoms with Crippen molar-refractivity contribution in [3.63, 3.8) is 0 Å². The fourth-order valence-electron chi connectivity index (χ4n) is 1.10. The number of aryl methyl sites for hydroxylation is 2. The van der Waals surface area contributed by atoms with Crippen LogP contribution in [0.1, 0.15) is 35.7 Å². The van der Waals surface area contributed by atoms with Gasteiger partial charge >= 0.3 is 5.97 Å². The van der Waals surface area contributed by atoms with Crippen LogP contribution in [0.4, 0.5) is 0 Å². The summed E-state index contributed by atoms with van der Waals surface area (Å²) >= 11 is 0. The van der Waals surface area contributed by atoms with E-state index in [2.05, 4.69) is 0 Å². The zero-order valence-electron chi connectivity index (χ0n) is 7.26. The number of furan rings is 1. The Morgan fingerprint density at radius 1 is 1.50 bits per heavy atom. The predicted molar refractivity (Wildman–Crippen MR) is 44.4 cm³/mol. The number of carboxylic acids is 1. The summed E-state index contributed by atoms with van der Waals surface area (Å²) < 4.78 is 5.29. The summed E-state index contributed by atoms with van der Waals surface area (Å²) in [4.78, 5) is 10.6. The average Bonchev–Trinajstić information content (AvgIpc) is 2.47. The molecule has 0 atom stereocenters. The van der Waals surface area contributed by atoms with Gasteiger partial charge in [0.1, 0.15) is 17.1 Å². The molecule has 3 heteroatoms. The Morgan fingerprint density at radius 2 is 2.17 bits per heavy atom. The molecule has 0 aliphatic rings. The summed E-state index contributed by atoms with van der Waals surface area (Å²) in [6, 6.07) is 1.60. The topological polar surface area (TPSA) is 50.4 Å². The molecular formula is C9H12O3. The van der Waals surface area contributed by atoms with Crippen molar-refractivity contribution in [3.05, 3.63) is 23.2 Å². The van der Waals surface area contributed by atoms with E-state index in [0.29, 0.717) is 17.7 Å². The molecule has 0 aliphatic heterocycles. The minimum Gasteiger partial charge on any atom is -0.478 e. The third-order valence-electron chi connectivity index (χ3n) is 1.76. The molecule has 0 bridgehead atoms. The summed E-state index contributed by atoms with van der Waals surface area (Å²) in [7, 11) is 0. The number of rotatable bonds is 3. The second-order valence-corrected chi connectivity index (χ2v) is 2.56. The van der Waals surface area contributed by atoms with Gasteiger partial charge in [0.15, 0.2) is 0 Å². The Bertz CT molecular complexity index is 286. The van der Waals surface area contributed by atoms with Crippen molar-refractivity contribution >= 4 is 5.97 Å². The zero-order chi connectivity index (χ0) is 9.14. The lowest BCUT2D eigenvalue weighted by molar-refractivity contribution is 0.0694. The molecule has 0 amide bonds. The van der Waals surface area contributed by atoms with Crippen LogP contribution in [0.15, 0.2) is 10.5 Å². The second kappa shape index (κ2) is 3.43. The van der Waals surface area contributed by atoms with Crippen molar-refractivity contribution in [2.75, 3.05) is 0 Å². The minimum atomic E-state index is -0.907. The molecule has 1 heterocycles. The van der Waals surface area contributed by atoms with Gasteiger partial charge in [0.05, 0.1) is 0 Å². The van der Waals surface area contributed by atoms with Gasteiger partial charge in [0.25, 0.3) is 0 Å². The van der Waals surface area contributed by atoms with Crippen LogP contribution in [-0.2, 0) is 12.8 Å². The van der Waals surface area contributed by atoms with Gasteiger partial charge in [0.2, 0.25) is 0 Å². The van der Waals surface area contributed by atoms with Gasteiger partial charge in [-0.1, -0.05) is 13.8 Å². The monoisotopic (exact) mass is 168 g/mol. The fourth-order valence-corrected chi connectivity index (χ4v) is 1.10.